The number of halogens is 1. The number of nitrogens with zero attached hydrogens (tertiary/aromatic N) is 6. The Kier molecular flexibility index (Phi) is 9.36. The predicted molar refractivity (Wildman–Crippen MR) is 153 cm³/mol. The largest absolute Gasteiger partial charge is 0.480 e. The lowest BCUT2D eigenvalue weighted by molar-refractivity contribution is -0.158. The van der Waals surface area contributed by atoms with Crippen molar-refractivity contribution in [3.05, 3.63) is 36.7 Å². The van der Waals surface area contributed by atoms with E-state index in [2.05, 4.69) is 15.0 Å². The molecule has 3 N–H and O–H groups in total. The van der Waals surface area contributed by atoms with Crippen LogP contribution in [-0.4, -0.2) is 86.2 Å². The van der Waals surface area contributed by atoms with Gasteiger partial charge in [-0.1, -0.05) is 18.2 Å². The van der Waals surface area contributed by atoms with Crippen molar-refractivity contribution >= 4 is 47.8 Å². The number of imidazole rings is 1. The van der Waals surface area contributed by atoms with Gasteiger partial charge in [-0.25, -0.2) is 9.37 Å². The van der Waals surface area contributed by atoms with Crippen LogP contribution in [0.15, 0.2) is 36.7 Å². The van der Waals surface area contributed by atoms with Crippen molar-refractivity contribution in [3.8, 4) is 5.75 Å². The zero-order valence-electron chi connectivity index (χ0n) is 23.5. The number of ether oxygens (including phenoxy) is 2. The van der Waals surface area contributed by atoms with E-state index in [0.29, 0.717) is 17.1 Å². The molecule has 1 fully saturated rings. The molecule has 4 rings (SSSR count). The number of nitrogens with two attached hydrogens (primary N) is 1. The fourth-order valence-electron chi connectivity index (χ4n) is 4.21. The van der Waals surface area contributed by atoms with Gasteiger partial charge in [0.05, 0.1) is 17.3 Å². The number of para-hydroxylation sites is 1. The molecule has 0 aliphatic carbocycles. The average Bonchev–Trinajstić information content (AvgIpc) is 3.42. The van der Waals surface area contributed by atoms with Gasteiger partial charge in [-0.15, -0.1) is 4.52 Å². The van der Waals surface area contributed by atoms with Gasteiger partial charge in [0.1, 0.15) is 18.8 Å². The fraction of sp³-hybridized carbons (Fsp3) is 0.520. The summed E-state index contributed by atoms with van der Waals surface area (Å²) >= 11 is 5.58. The molecule has 1 aliphatic heterocycles. The van der Waals surface area contributed by atoms with Gasteiger partial charge in [-0.2, -0.15) is 9.97 Å². The number of carbonyl (C=O) groups excluding carboxylic acids is 1. The lowest BCUT2D eigenvalue weighted by atomic mass is 9.98. The molecule has 1 aliphatic rings. The van der Waals surface area contributed by atoms with Crippen molar-refractivity contribution in [1.82, 2.24) is 24.4 Å². The summed E-state index contributed by atoms with van der Waals surface area (Å²) in [5.41, 5.74) is 4.27. The standard InChI is InChI=1S/C25H34FN7O6PS/c1-14(2)37-22(35)15(3)33(39-16-10-8-7-9-11-16)40(41)36-12-17-19(34)25(4,26)23(38-17)32-13-28-18-20(31(5)6)29-24(27)30-21(18)32/h7-11,13-15,17,19,23,34H,12H2,1-6H3,(H2,27,29,30)/q+1/t15-,17-,19-,23-,25-/m1/s1. The maximum atomic E-state index is 16.0. The van der Waals surface area contributed by atoms with Crippen LogP contribution in [0.25, 0.3) is 11.2 Å². The molecule has 1 aromatic carbocycles. The Hall–Kier alpha value is -3.07. The summed E-state index contributed by atoms with van der Waals surface area (Å²) in [5.74, 6) is 0.292. The molecule has 0 saturated carbocycles. The van der Waals surface area contributed by atoms with Gasteiger partial charge in [-0.05, 0) is 39.8 Å². The van der Waals surface area contributed by atoms with Gasteiger partial charge in [0, 0.05) is 14.1 Å². The van der Waals surface area contributed by atoms with Crippen LogP contribution in [0.4, 0.5) is 16.2 Å². The van der Waals surface area contributed by atoms with E-state index in [1.54, 1.807) is 64.0 Å². The first-order chi connectivity index (χ1) is 19.3. The van der Waals surface area contributed by atoms with Crippen molar-refractivity contribution in [2.24, 2.45) is 0 Å². The van der Waals surface area contributed by atoms with E-state index in [1.807, 2.05) is 6.07 Å². The van der Waals surface area contributed by atoms with Crippen LogP contribution in [0.1, 0.15) is 33.9 Å². The number of hydrogen-bond acceptors (Lipinski definition) is 12. The van der Waals surface area contributed by atoms with Crippen molar-refractivity contribution in [1.29, 1.82) is 0 Å². The van der Waals surface area contributed by atoms with E-state index in [9.17, 15) is 9.90 Å². The second-order valence-corrected chi connectivity index (χ2v) is 12.2. The highest BCUT2D eigenvalue weighted by Gasteiger charge is 2.56. The van der Waals surface area contributed by atoms with Crippen LogP contribution in [0.2, 0.25) is 0 Å². The SMILES string of the molecule is CC(C)OC(=O)[C@@H](C)N(Oc1ccccc1)[P+](=S)OC[C@H]1O[C@@H](n2cnc3c(N(C)C)nc(N)nc32)[C@](C)(F)[C@@H]1O. The van der Waals surface area contributed by atoms with Crippen LogP contribution in [0, 0.1) is 0 Å². The number of aromatic nitrogens is 4. The number of anilines is 2. The second-order valence-electron chi connectivity index (χ2n) is 10.1. The van der Waals surface area contributed by atoms with E-state index in [1.165, 1.54) is 22.7 Å². The summed E-state index contributed by atoms with van der Waals surface area (Å²) in [7, 11) is 1.52. The van der Waals surface area contributed by atoms with Crippen LogP contribution >= 0.6 is 7.07 Å². The number of hydroxylamine groups is 1. The Balaban J connectivity index is 1.53. The molecule has 1 unspecified atom stereocenters. The van der Waals surface area contributed by atoms with Crippen LogP contribution in [0.3, 0.4) is 0 Å². The first-order valence-corrected chi connectivity index (χ1v) is 15.1. The first kappa shape index (κ1) is 30.9. The number of aliphatic hydroxyl groups is 1. The Morgan fingerprint density at radius 1 is 1.29 bits per heavy atom. The van der Waals surface area contributed by atoms with Gasteiger partial charge in [0.15, 0.2) is 40.7 Å². The average molecular weight is 611 g/mol. The zero-order valence-corrected chi connectivity index (χ0v) is 25.3. The molecule has 0 bridgehead atoms. The number of esters is 1. The van der Waals surface area contributed by atoms with Crippen molar-refractivity contribution in [2.45, 2.75) is 63.9 Å². The third-order valence-electron chi connectivity index (χ3n) is 6.29. The summed E-state index contributed by atoms with van der Waals surface area (Å²) < 4.78 is 34.5. The Bertz CT molecular complexity index is 1400. The number of rotatable bonds is 11. The molecule has 0 radical (unpaired) electrons. The minimum Gasteiger partial charge on any atom is -0.462 e. The number of aliphatic hydroxyl groups excluding tert-OH is 1. The minimum absolute atomic E-state index is 0.0256. The monoisotopic (exact) mass is 610 g/mol. The Labute approximate surface area is 242 Å². The van der Waals surface area contributed by atoms with E-state index in [-0.39, 0.29) is 24.3 Å². The van der Waals surface area contributed by atoms with Gasteiger partial charge in [0.2, 0.25) is 17.8 Å². The fourth-order valence-corrected chi connectivity index (χ4v) is 5.84. The minimum atomic E-state index is -2.27. The van der Waals surface area contributed by atoms with E-state index < -0.39 is 43.2 Å². The number of hydrogen-bond donors (Lipinski definition) is 2. The summed E-state index contributed by atoms with van der Waals surface area (Å²) in [5, 5.41) is 10.9. The molecule has 3 heterocycles. The van der Waals surface area contributed by atoms with E-state index >= 15 is 4.39 Å². The highest BCUT2D eigenvalue weighted by Crippen LogP contribution is 2.44. The third-order valence-corrected chi connectivity index (χ3v) is 8.21. The highest BCUT2D eigenvalue weighted by molar-refractivity contribution is 8.01. The normalized spacial score (nSPS) is 23.7. The van der Waals surface area contributed by atoms with E-state index in [0.717, 1.165) is 0 Å². The molecular formula is C25H34FN7O6PS+. The molecule has 222 valence electrons. The zero-order chi connectivity index (χ0) is 30.1. The molecule has 2 aromatic heterocycles. The molecular weight excluding hydrogens is 576 g/mol. The van der Waals surface area contributed by atoms with Crippen LogP contribution in [-0.2, 0) is 30.6 Å². The number of carbonyl (C=O) groups is 1. The van der Waals surface area contributed by atoms with Gasteiger partial charge in [-0.3, -0.25) is 9.36 Å². The maximum absolute atomic E-state index is 16.0. The van der Waals surface area contributed by atoms with Crippen molar-refractivity contribution < 1.29 is 33.1 Å². The van der Waals surface area contributed by atoms with Crippen LogP contribution < -0.4 is 15.5 Å². The second kappa shape index (κ2) is 12.4. The number of nitrogen functional groups attached to an aromatic ring is 1. The molecule has 3 aromatic rings. The number of fused-ring (bicyclic) bond motifs is 1. The maximum Gasteiger partial charge on any atom is 0.480 e. The Morgan fingerprint density at radius 3 is 2.61 bits per heavy atom. The summed E-state index contributed by atoms with van der Waals surface area (Å²) in [4.78, 5) is 34.3. The quantitative estimate of drug-likeness (QED) is 0.186. The summed E-state index contributed by atoms with van der Waals surface area (Å²) in [6.45, 7) is 5.97. The summed E-state index contributed by atoms with van der Waals surface area (Å²) in [6, 6.07) is 7.81. The number of benzene rings is 1. The topological polar surface area (TPSA) is 150 Å². The Morgan fingerprint density at radius 2 is 1.98 bits per heavy atom. The molecule has 16 heteroatoms. The summed E-state index contributed by atoms with van der Waals surface area (Å²) in [6.07, 6.45) is -3.02. The predicted octanol–water partition coefficient (Wildman–Crippen LogP) is 2.89. The molecule has 41 heavy (non-hydrogen) atoms. The van der Waals surface area contributed by atoms with E-state index in [4.69, 9.17) is 36.4 Å². The molecule has 0 spiro atoms. The molecule has 0 amide bonds. The lowest BCUT2D eigenvalue weighted by Gasteiger charge is -2.24. The number of alkyl halides is 1. The lowest BCUT2D eigenvalue weighted by Crippen LogP contribution is -2.41. The first-order valence-electron chi connectivity index (χ1n) is 12.8. The van der Waals surface area contributed by atoms with Gasteiger partial charge >= 0.3 is 13.0 Å². The molecule has 13 nitrogen and oxygen atoms in total. The smallest absolute Gasteiger partial charge is 0.462 e. The van der Waals surface area contributed by atoms with Gasteiger partial charge in [0.25, 0.3) is 0 Å². The third kappa shape index (κ3) is 6.55. The van der Waals surface area contributed by atoms with Crippen molar-refractivity contribution in [2.75, 3.05) is 31.3 Å². The molecule has 1 saturated heterocycles. The van der Waals surface area contributed by atoms with Gasteiger partial charge < -0.3 is 30.1 Å². The molecule has 6 atom stereocenters. The van der Waals surface area contributed by atoms with Crippen molar-refractivity contribution in [3.63, 3.8) is 0 Å². The van der Waals surface area contributed by atoms with Crippen LogP contribution in [0.5, 0.6) is 5.75 Å². The highest BCUT2D eigenvalue weighted by atomic mass is 32.4.